The Kier molecular flexibility index (Phi) is 5.81. The molecule has 2 aliphatic rings. The first-order valence-corrected chi connectivity index (χ1v) is 11.3. The van der Waals surface area contributed by atoms with Crippen molar-refractivity contribution in [2.24, 2.45) is 5.92 Å². The van der Waals surface area contributed by atoms with Gasteiger partial charge in [0.05, 0.1) is 22.2 Å². The number of ketones is 2. The number of hydrogen-bond acceptors (Lipinski definition) is 6. The van der Waals surface area contributed by atoms with Gasteiger partial charge in [0.1, 0.15) is 11.6 Å². The molecule has 2 heterocycles. The Balaban J connectivity index is 1.62. The van der Waals surface area contributed by atoms with Gasteiger partial charge in [0.25, 0.3) is 0 Å². The van der Waals surface area contributed by atoms with E-state index in [1.54, 1.807) is 19.9 Å². The van der Waals surface area contributed by atoms with Crippen molar-refractivity contribution in [1.82, 2.24) is 4.57 Å². The van der Waals surface area contributed by atoms with Crippen LogP contribution in [0.25, 0.3) is 0 Å². The third-order valence-corrected chi connectivity index (χ3v) is 6.18. The van der Waals surface area contributed by atoms with E-state index < -0.39 is 23.5 Å². The van der Waals surface area contributed by atoms with E-state index in [1.807, 2.05) is 16.9 Å². The second-order valence-corrected chi connectivity index (χ2v) is 8.82. The van der Waals surface area contributed by atoms with Crippen LogP contribution in [0.15, 0.2) is 64.9 Å². The third kappa shape index (κ3) is 4.14. The number of aromatic nitrogens is 1. The molecule has 1 aliphatic carbocycles. The van der Waals surface area contributed by atoms with Crippen LogP contribution in [0.2, 0.25) is 0 Å². The predicted octanol–water partition coefficient (Wildman–Crippen LogP) is 4.29. The normalized spacial score (nSPS) is 19.4. The Bertz CT molecular complexity index is 1160. The summed E-state index contributed by atoms with van der Waals surface area (Å²) >= 11 is 1.47. The van der Waals surface area contributed by atoms with Gasteiger partial charge in [-0.1, -0.05) is 0 Å². The number of cyclic esters (lactones) is 1. The number of ether oxygens (including phenoxy) is 2. The Morgan fingerprint density at radius 1 is 1.09 bits per heavy atom. The highest BCUT2D eigenvalue weighted by Crippen LogP contribution is 2.36. The van der Waals surface area contributed by atoms with E-state index in [9.17, 15) is 18.8 Å². The summed E-state index contributed by atoms with van der Waals surface area (Å²) in [7, 11) is 0. The minimum Gasteiger partial charge on any atom is -0.452 e. The summed E-state index contributed by atoms with van der Waals surface area (Å²) in [5.74, 6) is -2.94. The summed E-state index contributed by atoms with van der Waals surface area (Å²) < 4.78 is 26.2. The molecular weight excluding hydrogens is 433 g/mol. The predicted molar refractivity (Wildman–Crippen MR) is 117 cm³/mol. The van der Waals surface area contributed by atoms with Crippen molar-refractivity contribution in [3.63, 3.8) is 0 Å². The second-order valence-electron chi connectivity index (χ2n) is 7.99. The second kappa shape index (κ2) is 8.43. The molecule has 0 amide bonds. The highest BCUT2D eigenvalue weighted by atomic mass is 32.2. The number of benzene rings is 1. The molecule has 0 saturated carbocycles. The van der Waals surface area contributed by atoms with Crippen molar-refractivity contribution < 1.29 is 28.2 Å². The fourth-order valence-corrected chi connectivity index (χ4v) is 4.54. The number of carbonyl (C=O) groups is 3. The molecular formula is C24H22FNO5S. The maximum atomic E-state index is 13.3. The van der Waals surface area contributed by atoms with E-state index in [0.29, 0.717) is 23.6 Å². The standard InChI is InChI=1S/C24H22FNO5S/c1-24(2)30-19-10-9-18(27)16(21(19)23(29)31-24)12-13-26-17(8-11-20(26)32-3)22(28)14-4-6-15(25)7-5-14/h4-11,16H,12-13H2,1-3H3. The summed E-state index contributed by atoms with van der Waals surface area (Å²) in [6, 6.07) is 8.91. The highest BCUT2D eigenvalue weighted by Gasteiger charge is 2.42. The SMILES string of the molecule is CSc1ccc(C(=O)c2ccc(F)cc2)n1CCC1C(=O)C=CC2=C1C(=O)OC(C)(C)O2. The van der Waals surface area contributed by atoms with Crippen LogP contribution >= 0.6 is 11.8 Å². The van der Waals surface area contributed by atoms with E-state index in [1.165, 1.54) is 48.2 Å². The van der Waals surface area contributed by atoms with Crippen LogP contribution in [0.5, 0.6) is 0 Å². The van der Waals surface area contributed by atoms with Gasteiger partial charge in [-0.05, 0) is 61.2 Å². The van der Waals surface area contributed by atoms with E-state index in [2.05, 4.69) is 0 Å². The third-order valence-electron chi connectivity index (χ3n) is 5.40. The molecule has 8 heteroatoms. The summed E-state index contributed by atoms with van der Waals surface area (Å²) in [5, 5.41) is 0.840. The number of carbonyl (C=O) groups excluding carboxylic acids is 3. The van der Waals surface area contributed by atoms with E-state index in [4.69, 9.17) is 9.47 Å². The van der Waals surface area contributed by atoms with Crippen molar-refractivity contribution in [1.29, 1.82) is 0 Å². The smallest absolute Gasteiger partial charge is 0.341 e. The molecule has 0 N–H and O–H groups in total. The summed E-state index contributed by atoms with van der Waals surface area (Å²) in [5.41, 5.74) is 1.00. The number of halogens is 1. The van der Waals surface area contributed by atoms with Gasteiger partial charge in [-0.15, -0.1) is 11.8 Å². The number of rotatable bonds is 6. The molecule has 1 aliphatic heterocycles. The number of nitrogens with zero attached hydrogens (tertiary/aromatic N) is 1. The van der Waals surface area contributed by atoms with Gasteiger partial charge in [-0.2, -0.15) is 0 Å². The topological polar surface area (TPSA) is 74.6 Å². The first-order valence-electron chi connectivity index (χ1n) is 10.1. The van der Waals surface area contributed by atoms with E-state index in [0.717, 1.165) is 5.03 Å². The first kappa shape index (κ1) is 22.1. The van der Waals surface area contributed by atoms with Gasteiger partial charge in [0.15, 0.2) is 5.78 Å². The molecule has 1 aromatic heterocycles. The van der Waals surface area contributed by atoms with Crippen LogP contribution < -0.4 is 0 Å². The van der Waals surface area contributed by atoms with E-state index >= 15 is 0 Å². The molecule has 0 fully saturated rings. The highest BCUT2D eigenvalue weighted by molar-refractivity contribution is 7.98. The molecule has 1 aromatic carbocycles. The van der Waals surface area contributed by atoms with Crippen molar-refractivity contribution >= 4 is 29.3 Å². The number of hydrogen-bond donors (Lipinski definition) is 0. The van der Waals surface area contributed by atoms with Gasteiger partial charge in [0, 0.05) is 26.0 Å². The molecule has 32 heavy (non-hydrogen) atoms. The van der Waals surface area contributed by atoms with Crippen LogP contribution in [-0.4, -0.2) is 34.1 Å². The fourth-order valence-electron chi connectivity index (χ4n) is 3.92. The van der Waals surface area contributed by atoms with Gasteiger partial charge in [0.2, 0.25) is 11.6 Å². The van der Waals surface area contributed by atoms with E-state index in [-0.39, 0.29) is 23.6 Å². The molecule has 6 nitrogen and oxygen atoms in total. The van der Waals surface area contributed by atoms with Crippen LogP contribution in [0.4, 0.5) is 4.39 Å². The zero-order valence-corrected chi connectivity index (χ0v) is 18.7. The summed E-state index contributed by atoms with van der Waals surface area (Å²) in [6.07, 6.45) is 5.09. The monoisotopic (exact) mass is 455 g/mol. The molecule has 1 unspecified atom stereocenters. The molecule has 2 aromatic rings. The van der Waals surface area contributed by atoms with Crippen LogP contribution in [0.1, 0.15) is 36.3 Å². The van der Waals surface area contributed by atoms with Crippen LogP contribution in [-0.2, 0) is 25.6 Å². The maximum Gasteiger partial charge on any atom is 0.341 e. The summed E-state index contributed by atoms with van der Waals surface area (Å²) in [4.78, 5) is 38.3. The van der Waals surface area contributed by atoms with Crippen molar-refractivity contribution in [2.75, 3.05) is 6.26 Å². The zero-order chi connectivity index (χ0) is 23.0. The van der Waals surface area contributed by atoms with Gasteiger partial charge in [-0.3, -0.25) is 9.59 Å². The number of thioether (sulfide) groups is 1. The Morgan fingerprint density at radius 2 is 1.81 bits per heavy atom. The lowest BCUT2D eigenvalue weighted by Crippen LogP contribution is -2.40. The van der Waals surface area contributed by atoms with Gasteiger partial charge >= 0.3 is 5.97 Å². The Labute approximate surface area is 189 Å². The maximum absolute atomic E-state index is 13.3. The quantitative estimate of drug-likeness (QED) is 0.368. The number of esters is 1. The van der Waals surface area contributed by atoms with Crippen LogP contribution in [0, 0.1) is 11.7 Å². The molecule has 1 atom stereocenters. The molecule has 4 rings (SSSR count). The van der Waals surface area contributed by atoms with Crippen molar-refractivity contribution in [3.05, 3.63) is 77.0 Å². The zero-order valence-electron chi connectivity index (χ0n) is 17.9. The Morgan fingerprint density at radius 3 is 2.50 bits per heavy atom. The minimum absolute atomic E-state index is 0.209. The molecule has 0 radical (unpaired) electrons. The molecule has 0 bridgehead atoms. The summed E-state index contributed by atoms with van der Waals surface area (Å²) in [6.45, 7) is 3.58. The molecule has 166 valence electrons. The largest absolute Gasteiger partial charge is 0.452 e. The minimum atomic E-state index is -1.10. The lowest BCUT2D eigenvalue weighted by atomic mass is 9.86. The lowest BCUT2D eigenvalue weighted by molar-refractivity contribution is -0.207. The fraction of sp³-hybridized carbons (Fsp3) is 0.292. The average molecular weight is 456 g/mol. The Hall–Kier alpha value is -3.13. The van der Waals surface area contributed by atoms with Crippen molar-refractivity contribution in [3.8, 4) is 0 Å². The number of allylic oxidation sites excluding steroid dienone is 2. The van der Waals surface area contributed by atoms with Crippen LogP contribution in [0.3, 0.4) is 0 Å². The lowest BCUT2D eigenvalue weighted by Gasteiger charge is -2.35. The van der Waals surface area contributed by atoms with Gasteiger partial charge in [-0.25, -0.2) is 9.18 Å². The molecule has 0 spiro atoms. The van der Waals surface area contributed by atoms with Crippen molar-refractivity contribution in [2.45, 2.75) is 37.6 Å². The average Bonchev–Trinajstić information content (AvgIpc) is 3.15. The first-order chi connectivity index (χ1) is 15.2. The molecule has 0 saturated heterocycles. The van der Waals surface area contributed by atoms with Gasteiger partial charge < -0.3 is 14.0 Å².